The van der Waals surface area contributed by atoms with Gasteiger partial charge in [-0.25, -0.2) is 0 Å². The summed E-state index contributed by atoms with van der Waals surface area (Å²) in [7, 11) is -6.96. The molecule has 0 spiro atoms. The van der Waals surface area contributed by atoms with Gasteiger partial charge in [-0.1, -0.05) is 65.1 Å². The first-order valence-electron chi connectivity index (χ1n) is 12.0. The Morgan fingerprint density at radius 2 is 0.839 bits per heavy atom. The van der Waals surface area contributed by atoms with Crippen LogP contribution in [0.4, 0.5) is 0 Å². The Morgan fingerprint density at radius 3 is 1.10 bits per heavy atom. The quantitative estimate of drug-likeness (QED) is 0.198. The van der Waals surface area contributed by atoms with Crippen LogP contribution in [0.1, 0.15) is 54.4 Å². The van der Waals surface area contributed by atoms with Crippen LogP contribution in [-0.2, 0) is 13.0 Å². The van der Waals surface area contributed by atoms with Gasteiger partial charge in [-0.05, 0) is 75.3 Å². The van der Waals surface area contributed by atoms with Gasteiger partial charge in [0.05, 0.1) is 0 Å². The van der Waals surface area contributed by atoms with Gasteiger partial charge in [-0.15, -0.1) is 0 Å². The van der Waals surface area contributed by atoms with Gasteiger partial charge in [0.2, 0.25) is 0 Å². The van der Waals surface area contributed by atoms with Crippen LogP contribution in [0.3, 0.4) is 0 Å². The molecular weight excluding hydrogens is 449 g/mol. The van der Waals surface area contributed by atoms with Crippen LogP contribution in [0.25, 0.3) is 0 Å². The summed E-state index contributed by atoms with van der Waals surface area (Å²) in [5, 5.41) is 0.539. The highest BCUT2D eigenvalue weighted by Gasteiger charge is 2.37. The molecule has 0 unspecified atom stereocenters. The zero-order valence-corrected chi connectivity index (χ0v) is 27.4. The third-order valence-corrected chi connectivity index (χ3v) is 22.0. The average Bonchev–Trinajstić information content (AvgIpc) is 2.50. The van der Waals surface area contributed by atoms with Gasteiger partial charge in [0, 0.05) is 13.2 Å². The standard InChI is InChI=1S/C24H54O3Si4/c1-23(2,3)30(11,12)25-19-15-17-21-28(7,8)27-29(9,10)22-18-16-20-26-31(13,14)24(4,5)6/h17-18,21-22H,15-16,19-20H2,1-14H3/b21-17+,22-18+. The van der Waals surface area contributed by atoms with E-state index in [1.807, 2.05) is 0 Å². The van der Waals surface area contributed by atoms with E-state index in [4.69, 9.17) is 13.0 Å². The Hall–Kier alpha value is 0.228. The summed E-state index contributed by atoms with van der Waals surface area (Å²) < 4.78 is 19.2. The first-order chi connectivity index (χ1) is 13.6. The molecule has 184 valence electrons. The van der Waals surface area contributed by atoms with Crippen LogP contribution in [0.5, 0.6) is 0 Å². The summed E-state index contributed by atoms with van der Waals surface area (Å²) in [4.78, 5) is 0. The normalized spacial score (nSPS) is 15.4. The first-order valence-corrected chi connectivity index (χ1v) is 23.7. The van der Waals surface area contributed by atoms with Crippen LogP contribution < -0.4 is 0 Å². The van der Waals surface area contributed by atoms with Crippen molar-refractivity contribution in [3.05, 3.63) is 23.6 Å². The first kappa shape index (κ1) is 31.2. The highest BCUT2D eigenvalue weighted by atomic mass is 28.4. The lowest BCUT2D eigenvalue weighted by Gasteiger charge is -2.36. The zero-order chi connectivity index (χ0) is 24.8. The van der Waals surface area contributed by atoms with Gasteiger partial charge in [0.25, 0.3) is 0 Å². The smallest absolute Gasteiger partial charge is 0.198 e. The van der Waals surface area contributed by atoms with Gasteiger partial charge in [0.15, 0.2) is 33.3 Å². The summed E-state index contributed by atoms with van der Waals surface area (Å²) in [6, 6.07) is 0. The molecule has 0 saturated heterocycles. The van der Waals surface area contributed by atoms with Crippen molar-refractivity contribution < 1.29 is 13.0 Å². The van der Waals surface area contributed by atoms with E-state index in [2.05, 4.69) is 117 Å². The molecule has 0 fully saturated rings. The average molecular weight is 503 g/mol. The van der Waals surface area contributed by atoms with E-state index in [9.17, 15) is 0 Å². The van der Waals surface area contributed by atoms with E-state index in [0.717, 1.165) is 26.1 Å². The molecule has 0 N–H and O–H groups in total. The lowest BCUT2D eigenvalue weighted by atomic mass is 10.2. The zero-order valence-electron chi connectivity index (χ0n) is 23.4. The lowest BCUT2D eigenvalue weighted by Crippen LogP contribution is -2.42. The Bertz CT molecular complexity index is 543. The van der Waals surface area contributed by atoms with E-state index in [0.29, 0.717) is 0 Å². The molecular formula is C24H54O3Si4. The van der Waals surface area contributed by atoms with Gasteiger partial charge in [0.1, 0.15) is 0 Å². The Morgan fingerprint density at radius 1 is 0.548 bits per heavy atom. The van der Waals surface area contributed by atoms with Gasteiger partial charge < -0.3 is 13.0 Å². The minimum absolute atomic E-state index is 0.269. The van der Waals surface area contributed by atoms with Gasteiger partial charge in [-0.3, -0.25) is 0 Å². The molecule has 7 heteroatoms. The van der Waals surface area contributed by atoms with Crippen LogP contribution >= 0.6 is 0 Å². The predicted molar refractivity (Wildman–Crippen MR) is 150 cm³/mol. The molecule has 0 radical (unpaired) electrons. The molecule has 0 aromatic rings. The molecule has 0 aromatic carbocycles. The second-order valence-electron chi connectivity index (χ2n) is 12.9. The molecule has 0 bridgehead atoms. The van der Waals surface area contributed by atoms with Crippen LogP contribution in [0.2, 0.25) is 62.5 Å². The topological polar surface area (TPSA) is 27.7 Å². The van der Waals surface area contributed by atoms with Crippen molar-refractivity contribution in [2.75, 3.05) is 13.2 Å². The number of hydrogen-bond acceptors (Lipinski definition) is 3. The Balaban J connectivity index is 4.54. The SMILES string of the molecule is CC(C)(C)[Si](C)(C)OCC/C=C/[Si](C)(C)O[Si](C)(C)/C=C/CCO[Si](C)(C)C(C)(C)C. The fourth-order valence-corrected chi connectivity index (χ4v) is 12.2. The maximum atomic E-state index is 6.67. The third-order valence-electron chi connectivity index (χ3n) is 6.67. The fraction of sp³-hybridized carbons (Fsp3) is 0.833. The van der Waals surface area contributed by atoms with Crippen molar-refractivity contribution in [3.63, 3.8) is 0 Å². The van der Waals surface area contributed by atoms with Crippen molar-refractivity contribution in [3.8, 4) is 0 Å². The number of rotatable bonds is 12. The molecule has 0 heterocycles. The summed E-state index contributed by atoms with van der Waals surface area (Å²) in [6.45, 7) is 33.8. The fourth-order valence-electron chi connectivity index (χ4n) is 2.68. The van der Waals surface area contributed by atoms with Crippen molar-refractivity contribution in [2.45, 2.75) is 117 Å². The predicted octanol–water partition coefficient (Wildman–Crippen LogP) is 8.43. The molecule has 3 nitrogen and oxygen atoms in total. The van der Waals surface area contributed by atoms with Crippen LogP contribution in [0.15, 0.2) is 23.6 Å². The summed E-state index contributed by atoms with van der Waals surface area (Å²) >= 11 is 0. The maximum Gasteiger partial charge on any atom is 0.198 e. The van der Waals surface area contributed by atoms with E-state index in [-0.39, 0.29) is 10.1 Å². The molecule has 0 atom stereocenters. The molecule has 0 aliphatic rings. The van der Waals surface area contributed by atoms with Crippen LogP contribution in [0, 0.1) is 0 Å². The summed E-state index contributed by atoms with van der Waals surface area (Å²) in [6.07, 6.45) is 6.49. The summed E-state index contributed by atoms with van der Waals surface area (Å²) in [5.41, 5.74) is 4.68. The van der Waals surface area contributed by atoms with Crippen molar-refractivity contribution in [1.82, 2.24) is 0 Å². The van der Waals surface area contributed by atoms with E-state index in [1.165, 1.54) is 0 Å². The van der Waals surface area contributed by atoms with Crippen molar-refractivity contribution in [2.24, 2.45) is 0 Å². The molecule has 0 aliphatic heterocycles. The highest BCUT2D eigenvalue weighted by Crippen LogP contribution is 2.37. The summed E-state index contributed by atoms with van der Waals surface area (Å²) in [5.74, 6) is 0. The van der Waals surface area contributed by atoms with E-state index >= 15 is 0 Å². The molecule has 0 rings (SSSR count). The second-order valence-corrected chi connectivity index (χ2v) is 30.4. The van der Waals surface area contributed by atoms with Crippen LogP contribution in [-0.4, -0.2) is 46.5 Å². The van der Waals surface area contributed by atoms with Crippen molar-refractivity contribution in [1.29, 1.82) is 0 Å². The molecule has 31 heavy (non-hydrogen) atoms. The number of hydrogen-bond donors (Lipinski definition) is 0. The molecule has 0 amide bonds. The second kappa shape index (κ2) is 11.6. The Labute approximate surface area is 199 Å². The van der Waals surface area contributed by atoms with Gasteiger partial charge in [-0.2, -0.15) is 0 Å². The lowest BCUT2D eigenvalue weighted by molar-refractivity contribution is 0.294. The maximum absolute atomic E-state index is 6.67. The third kappa shape index (κ3) is 12.3. The Kier molecular flexibility index (Phi) is 11.7. The molecule has 0 aromatic heterocycles. The molecule has 0 saturated carbocycles. The van der Waals surface area contributed by atoms with Gasteiger partial charge >= 0.3 is 0 Å². The monoisotopic (exact) mass is 502 g/mol. The molecule has 0 aliphatic carbocycles. The minimum Gasteiger partial charge on any atom is -0.449 e. The van der Waals surface area contributed by atoms with E-state index < -0.39 is 33.3 Å². The van der Waals surface area contributed by atoms with Crippen molar-refractivity contribution >= 4 is 33.3 Å². The minimum atomic E-state index is -1.83. The highest BCUT2D eigenvalue weighted by molar-refractivity contribution is 6.89. The largest absolute Gasteiger partial charge is 0.449 e. The van der Waals surface area contributed by atoms with E-state index in [1.54, 1.807) is 0 Å².